The smallest absolute Gasteiger partial charge is 0.279 e. The van der Waals surface area contributed by atoms with Crippen LogP contribution in [0.4, 0.5) is 5.69 Å². The number of nitrogens with zero attached hydrogens (tertiary/aromatic N) is 2. The second-order valence-electron chi connectivity index (χ2n) is 5.10. The molecule has 3 N–H and O–H groups in total. The molecular weight excluding hydrogens is 344 g/mol. The van der Waals surface area contributed by atoms with Gasteiger partial charge in [0, 0.05) is 5.39 Å². The minimum Gasteiger partial charge on any atom is -0.493 e. The van der Waals surface area contributed by atoms with E-state index in [0.29, 0.717) is 10.9 Å². The van der Waals surface area contributed by atoms with Crippen LogP contribution in [0.2, 0.25) is 0 Å². The summed E-state index contributed by atoms with van der Waals surface area (Å²) in [6.07, 6.45) is 0. The van der Waals surface area contributed by atoms with E-state index in [0.717, 1.165) is 0 Å². The molecule has 1 aromatic heterocycles. The number of amides is 1. The topological polar surface area (TPSA) is 124 Å². The van der Waals surface area contributed by atoms with E-state index in [4.69, 9.17) is 0 Å². The maximum absolute atomic E-state index is 12.0. The number of hydrogen-bond donors (Lipinski definition) is 3. The van der Waals surface area contributed by atoms with Gasteiger partial charge in [0.1, 0.15) is 0 Å². The van der Waals surface area contributed by atoms with Gasteiger partial charge in [-0.15, -0.1) is 10.2 Å². The van der Waals surface area contributed by atoms with Crippen LogP contribution >= 0.6 is 0 Å². The van der Waals surface area contributed by atoms with Gasteiger partial charge in [0.2, 0.25) is 15.9 Å². The summed E-state index contributed by atoms with van der Waals surface area (Å²) < 4.78 is 26.2. The minimum absolute atomic E-state index is 0.0500. The van der Waals surface area contributed by atoms with Crippen LogP contribution in [-0.4, -0.2) is 31.0 Å². The van der Waals surface area contributed by atoms with E-state index in [2.05, 4.69) is 19.9 Å². The lowest BCUT2D eigenvalue weighted by atomic mass is 10.2. The predicted molar refractivity (Wildman–Crippen MR) is 91.1 cm³/mol. The van der Waals surface area contributed by atoms with Crippen molar-refractivity contribution in [2.45, 2.75) is 4.90 Å². The van der Waals surface area contributed by atoms with E-state index in [9.17, 15) is 18.3 Å². The van der Waals surface area contributed by atoms with Crippen LogP contribution in [0.1, 0.15) is 0 Å². The van der Waals surface area contributed by atoms with E-state index in [-0.39, 0.29) is 16.5 Å². The Balaban J connectivity index is 1.70. The highest BCUT2D eigenvalue weighted by atomic mass is 32.2. The number of aromatic hydroxyl groups is 1. The monoisotopic (exact) mass is 358 g/mol. The molecule has 9 heteroatoms. The average molecular weight is 358 g/mol. The molecule has 25 heavy (non-hydrogen) atoms. The number of carbonyl (C=O) groups excluding carboxylic acids is 1. The molecule has 0 saturated heterocycles. The third-order valence-electron chi connectivity index (χ3n) is 3.39. The lowest BCUT2D eigenvalue weighted by Crippen LogP contribution is -2.28. The molecule has 128 valence electrons. The molecule has 0 saturated carbocycles. The molecule has 2 aromatic carbocycles. The number of sulfonamides is 1. The number of nitrogens with one attached hydrogen (secondary N) is 2. The normalized spacial score (nSPS) is 12.0. The standard InChI is InChI=1S/C16H14N4O4S/c21-14(10-17-25(23,24)11-6-2-1-3-7-11)19-20-15-12-8-4-5-9-13(12)18-16(15)22/h1-9,17-18,22H,10H2. The summed E-state index contributed by atoms with van der Waals surface area (Å²) in [5, 5.41) is 17.6. The number of aromatic amines is 1. The predicted octanol–water partition coefficient (Wildman–Crippen LogP) is 2.46. The van der Waals surface area contributed by atoms with Crippen molar-refractivity contribution in [3.63, 3.8) is 0 Å². The fourth-order valence-electron chi connectivity index (χ4n) is 2.20. The zero-order chi connectivity index (χ0) is 17.9. The molecular formula is C16H14N4O4S. The first-order valence-corrected chi connectivity index (χ1v) is 8.74. The summed E-state index contributed by atoms with van der Waals surface area (Å²) in [7, 11) is -3.80. The first-order valence-electron chi connectivity index (χ1n) is 7.26. The van der Waals surface area contributed by atoms with Gasteiger partial charge >= 0.3 is 0 Å². The Morgan fingerprint density at radius 2 is 1.76 bits per heavy atom. The van der Waals surface area contributed by atoms with E-state index in [1.165, 1.54) is 12.1 Å². The van der Waals surface area contributed by atoms with Crippen molar-refractivity contribution in [2.24, 2.45) is 10.2 Å². The summed E-state index contributed by atoms with van der Waals surface area (Å²) in [4.78, 5) is 14.5. The van der Waals surface area contributed by atoms with Crippen molar-refractivity contribution in [3.8, 4) is 5.88 Å². The average Bonchev–Trinajstić information content (AvgIpc) is 2.94. The van der Waals surface area contributed by atoms with Gasteiger partial charge in [-0.3, -0.25) is 4.79 Å². The van der Waals surface area contributed by atoms with Gasteiger partial charge in [0.05, 0.1) is 17.0 Å². The molecule has 3 aromatic rings. The Morgan fingerprint density at radius 1 is 1.08 bits per heavy atom. The number of aromatic nitrogens is 1. The number of para-hydroxylation sites is 1. The van der Waals surface area contributed by atoms with Gasteiger partial charge in [-0.2, -0.15) is 0 Å². The van der Waals surface area contributed by atoms with Gasteiger partial charge < -0.3 is 10.1 Å². The number of hydrogen-bond acceptors (Lipinski definition) is 5. The van der Waals surface area contributed by atoms with Crippen LogP contribution in [0, 0.1) is 0 Å². The first kappa shape index (κ1) is 16.8. The van der Waals surface area contributed by atoms with Crippen LogP contribution in [0.3, 0.4) is 0 Å². The maximum atomic E-state index is 12.0. The van der Waals surface area contributed by atoms with Gasteiger partial charge in [-0.05, 0) is 18.2 Å². The zero-order valence-electron chi connectivity index (χ0n) is 12.9. The van der Waals surface area contributed by atoms with E-state index >= 15 is 0 Å². The Kier molecular flexibility index (Phi) is 4.59. The number of H-pyrrole nitrogens is 1. The highest BCUT2D eigenvalue weighted by molar-refractivity contribution is 7.89. The molecule has 0 aliphatic heterocycles. The van der Waals surface area contributed by atoms with Gasteiger partial charge in [0.25, 0.3) is 5.91 Å². The fraction of sp³-hybridized carbons (Fsp3) is 0.0625. The van der Waals surface area contributed by atoms with Gasteiger partial charge in [0.15, 0.2) is 5.69 Å². The van der Waals surface area contributed by atoms with E-state index in [1.807, 2.05) is 0 Å². The molecule has 0 bridgehead atoms. The van der Waals surface area contributed by atoms with Crippen LogP contribution in [0.25, 0.3) is 10.9 Å². The Labute approximate surface area is 143 Å². The lowest BCUT2D eigenvalue weighted by molar-refractivity contribution is -0.117. The number of azo groups is 1. The molecule has 0 radical (unpaired) electrons. The molecule has 1 heterocycles. The third-order valence-corrected chi connectivity index (χ3v) is 4.81. The summed E-state index contributed by atoms with van der Waals surface area (Å²) in [5.41, 5.74) is 0.765. The largest absolute Gasteiger partial charge is 0.493 e. The molecule has 0 aliphatic rings. The lowest BCUT2D eigenvalue weighted by Gasteiger charge is -2.03. The summed E-state index contributed by atoms with van der Waals surface area (Å²) in [6.45, 7) is -0.538. The fourth-order valence-corrected chi connectivity index (χ4v) is 3.19. The van der Waals surface area contributed by atoms with Crippen molar-refractivity contribution in [1.29, 1.82) is 0 Å². The molecule has 0 fully saturated rings. The summed E-state index contributed by atoms with van der Waals surface area (Å²) >= 11 is 0. The minimum atomic E-state index is -3.80. The maximum Gasteiger partial charge on any atom is 0.279 e. The number of carbonyl (C=O) groups is 1. The Bertz CT molecular complexity index is 1040. The van der Waals surface area contributed by atoms with Gasteiger partial charge in [-0.25, -0.2) is 13.1 Å². The summed E-state index contributed by atoms with van der Waals surface area (Å²) in [6, 6.07) is 14.7. The third kappa shape index (κ3) is 3.73. The highest BCUT2D eigenvalue weighted by Gasteiger charge is 2.15. The Morgan fingerprint density at radius 3 is 2.52 bits per heavy atom. The van der Waals surface area contributed by atoms with Crippen molar-refractivity contribution in [2.75, 3.05) is 6.54 Å². The SMILES string of the molecule is O=C(CNS(=O)(=O)c1ccccc1)N=Nc1c(O)[nH]c2ccccc12. The van der Waals surface area contributed by atoms with E-state index in [1.54, 1.807) is 42.5 Å². The molecule has 0 spiro atoms. The quantitative estimate of drug-likeness (QED) is 0.606. The van der Waals surface area contributed by atoms with Crippen molar-refractivity contribution in [1.82, 2.24) is 9.71 Å². The molecule has 0 atom stereocenters. The molecule has 0 aliphatic carbocycles. The molecule has 3 rings (SSSR count). The van der Waals surface area contributed by atoms with Crippen LogP contribution in [0.5, 0.6) is 5.88 Å². The first-order chi connectivity index (χ1) is 12.0. The Hall–Kier alpha value is -3.04. The van der Waals surface area contributed by atoms with Crippen molar-refractivity contribution >= 4 is 32.5 Å². The van der Waals surface area contributed by atoms with Crippen LogP contribution in [0.15, 0.2) is 69.7 Å². The molecule has 1 amide bonds. The van der Waals surface area contributed by atoms with E-state index < -0.39 is 22.5 Å². The van der Waals surface area contributed by atoms with Crippen molar-refractivity contribution in [3.05, 3.63) is 54.6 Å². The van der Waals surface area contributed by atoms with Crippen LogP contribution in [-0.2, 0) is 14.8 Å². The highest BCUT2D eigenvalue weighted by Crippen LogP contribution is 2.35. The molecule has 8 nitrogen and oxygen atoms in total. The van der Waals surface area contributed by atoms with Gasteiger partial charge in [-0.1, -0.05) is 36.4 Å². The zero-order valence-corrected chi connectivity index (χ0v) is 13.7. The second kappa shape index (κ2) is 6.83. The summed E-state index contributed by atoms with van der Waals surface area (Å²) in [5.74, 6) is -1.01. The van der Waals surface area contributed by atoms with Crippen LogP contribution < -0.4 is 4.72 Å². The number of benzene rings is 2. The second-order valence-corrected chi connectivity index (χ2v) is 6.87. The molecule has 0 unspecified atom stereocenters. The number of rotatable bonds is 5. The number of fused-ring (bicyclic) bond motifs is 1. The van der Waals surface area contributed by atoms with Crippen molar-refractivity contribution < 1.29 is 18.3 Å².